The molecule has 0 bridgehead atoms. The van der Waals surface area contributed by atoms with Crippen molar-refractivity contribution < 1.29 is 31.5 Å². The van der Waals surface area contributed by atoms with Crippen molar-refractivity contribution in [3.8, 4) is 5.82 Å². The van der Waals surface area contributed by atoms with Crippen LogP contribution in [0.25, 0.3) is 5.82 Å². The van der Waals surface area contributed by atoms with E-state index in [2.05, 4.69) is 25.6 Å². The van der Waals surface area contributed by atoms with Gasteiger partial charge < -0.3 is 5.32 Å². The third-order valence-electron chi connectivity index (χ3n) is 6.77. The number of pyridine rings is 1. The molecular formula is C27H22Cl2F5N7O2. The number of ketones is 1. The standard InChI is InChI=1S/C27H22Cl2F5N7O2/c1-14-7-16(28)8-19(25(43)36-11-15-4-5-15)18(14)10-22(42)21-9-17(38-41(21)24-20(29)3-2-6-35-24)13-40-37-12-23(39-40)26(30,31)27(32,33)34/h2-3,6-9,12,15H,4-5,10-11,13H2,1H3,(H,36,43). The Bertz CT molecular complexity index is 1700. The number of hydrogen-bond acceptors (Lipinski definition) is 6. The Hall–Kier alpha value is -3.91. The summed E-state index contributed by atoms with van der Waals surface area (Å²) in [4.78, 5) is 31.6. The summed E-state index contributed by atoms with van der Waals surface area (Å²) < 4.78 is 66.9. The van der Waals surface area contributed by atoms with Crippen LogP contribution >= 0.6 is 23.2 Å². The molecule has 3 aromatic heterocycles. The van der Waals surface area contributed by atoms with Crippen LogP contribution in [0.15, 0.2) is 42.7 Å². The molecule has 0 aliphatic heterocycles. The van der Waals surface area contributed by atoms with E-state index >= 15 is 0 Å². The fourth-order valence-corrected chi connectivity index (χ4v) is 4.80. The number of alkyl halides is 5. The van der Waals surface area contributed by atoms with Gasteiger partial charge in [-0.3, -0.25) is 9.59 Å². The lowest BCUT2D eigenvalue weighted by atomic mass is 9.95. The summed E-state index contributed by atoms with van der Waals surface area (Å²) in [6.07, 6.45) is -2.34. The summed E-state index contributed by atoms with van der Waals surface area (Å²) in [7, 11) is 0. The molecule has 0 saturated heterocycles. The van der Waals surface area contributed by atoms with Crippen LogP contribution in [0.3, 0.4) is 0 Å². The molecule has 1 aliphatic carbocycles. The van der Waals surface area contributed by atoms with Crippen LogP contribution in [0.1, 0.15) is 56.2 Å². The number of benzene rings is 1. The highest BCUT2D eigenvalue weighted by atomic mass is 35.5. The van der Waals surface area contributed by atoms with Gasteiger partial charge in [-0.05, 0) is 67.1 Å². The van der Waals surface area contributed by atoms with Crippen molar-refractivity contribution in [3.63, 3.8) is 0 Å². The van der Waals surface area contributed by atoms with Crippen molar-refractivity contribution in [2.45, 2.75) is 44.8 Å². The lowest BCUT2D eigenvalue weighted by Crippen LogP contribution is -2.34. The predicted molar refractivity (Wildman–Crippen MR) is 145 cm³/mol. The highest BCUT2D eigenvalue weighted by Gasteiger charge is 2.60. The van der Waals surface area contributed by atoms with Crippen LogP contribution in [-0.2, 0) is 18.9 Å². The summed E-state index contributed by atoms with van der Waals surface area (Å²) in [5.74, 6) is -5.62. The topological polar surface area (TPSA) is 108 Å². The minimum absolute atomic E-state index is 0.0395. The summed E-state index contributed by atoms with van der Waals surface area (Å²) in [6, 6.07) is 7.47. The minimum atomic E-state index is -5.86. The second-order valence-electron chi connectivity index (χ2n) is 10.1. The molecule has 1 aliphatic rings. The zero-order valence-electron chi connectivity index (χ0n) is 22.3. The van der Waals surface area contributed by atoms with Crippen LogP contribution < -0.4 is 5.32 Å². The summed E-state index contributed by atoms with van der Waals surface area (Å²) in [5, 5.41) is 14.4. The van der Waals surface area contributed by atoms with E-state index in [1.54, 1.807) is 19.1 Å². The molecule has 16 heteroatoms. The van der Waals surface area contributed by atoms with Gasteiger partial charge in [-0.15, -0.1) is 0 Å². The Balaban J connectivity index is 1.48. The third kappa shape index (κ3) is 6.54. The number of aryl methyl sites for hydroxylation is 1. The maximum absolute atomic E-state index is 13.8. The number of carbonyl (C=O) groups is 2. The van der Waals surface area contributed by atoms with E-state index in [1.165, 1.54) is 24.4 Å². The molecule has 1 amide bonds. The van der Waals surface area contributed by atoms with Gasteiger partial charge in [0, 0.05) is 29.7 Å². The molecule has 1 saturated carbocycles. The van der Waals surface area contributed by atoms with E-state index in [-0.39, 0.29) is 40.1 Å². The first kappa shape index (κ1) is 30.5. The van der Waals surface area contributed by atoms with Crippen LogP contribution in [0, 0.1) is 12.8 Å². The second kappa shape index (κ2) is 11.6. The van der Waals surface area contributed by atoms with Gasteiger partial charge >= 0.3 is 12.1 Å². The Labute approximate surface area is 251 Å². The van der Waals surface area contributed by atoms with Crippen molar-refractivity contribution in [1.29, 1.82) is 0 Å². The third-order valence-corrected chi connectivity index (χ3v) is 7.28. The zero-order valence-corrected chi connectivity index (χ0v) is 23.8. The quantitative estimate of drug-likeness (QED) is 0.175. The number of rotatable bonds is 10. The van der Waals surface area contributed by atoms with Gasteiger partial charge in [0.15, 0.2) is 17.3 Å². The van der Waals surface area contributed by atoms with Gasteiger partial charge in [0.1, 0.15) is 12.2 Å². The summed E-state index contributed by atoms with van der Waals surface area (Å²) in [6.45, 7) is 1.76. The highest BCUT2D eigenvalue weighted by Crippen LogP contribution is 2.42. The molecular weight excluding hydrogens is 620 g/mol. The van der Waals surface area contributed by atoms with Crippen LogP contribution in [0.4, 0.5) is 22.0 Å². The molecule has 0 radical (unpaired) electrons. The summed E-state index contributed by atoms with van der Waals surface area (Å²) >= 11 is 12.5. The second-order valence-corrected chi connectivity index (χ2v) is 10.9. The van der Waals surface area contributed by atoms with E-state index in [0.717, 1.165) is 17.5 Å². The Morgan fingerprint density at radius 3 is 2.51 bits per heavy atom. The molecule has 226 valence electrons. The first-order valence-electron chi connectivity index (χ1n) is 12.9. The fourth-order valence-electron chi connectivity index (χ4n) is 4.32. The van der Waals surface area contributed by atoms with E-state index in [4.69, 9.17) is 23.2 Å². The normalized spacial score (nSPS) is 13.8. The monoisotopic (exact) mass is 641 g/mol. The Morgan fingerprint density at radius 1 is 1.09 bits per heavy atom. The van der Waals surface area contributed by atoms with Crippen LogP contribution in [0.5, 0.6) is 0 Å². The number of nitrogens with zero attached hydrogens (tertiary/aromatic N) is 6. The number of nitrogens with one attached hydrogen (secondary N) is 1. The molecule has 1 aromatic carbocycles. The smallest absolute Gasteiger partial charge is 0.352 e. The summed E-state index contributed by atoms with van der Waals surface area (Å²) in [5.41, 5.74) is -0.329. The van der Waals surface area contributed by atoms with Gasteiger partial charge in [-0.1, -0.05) is 23.2 Å². The van der Waals surface area contributed by atoms with Crippen molar-refractivity contribution in [2.75, 3.05) is 6.54 Å². The van der Waals surface area contributed by atoms with Crippen LogP contribution in [0.2, 0.25) is 10.0 Å². The average molecular weight is 642 g/mol. The number of Topliss-reactive ketones (excluding diaryl/α,β-unsaturated/α-hetero) is 1. The maximum Gasteiger partial charge on any atom is 0.459 e. The number of hydrogen-bond donors (Lipinski definition) is 1. The minimum Gasteiger partial charge on any atom is -0.352 e. The van der Waals surface area contributed by atoms with Crippen molar-refractivity contribution >= 4 is 34.9 Å². The number of aromatic nitrogens is 6. The van der Waals surface area contributed by atoms with E-state index in [1.807, 2.05) is 0 Å². The first-order chi connectivity index (χ1) is 20.2. The molecule has 1 fully saturated rings. The molecule has 43 heavy (non-hydrogen) atoms. The molecule has 5 rings (SSSR count). The largest absolute Gasteiger partial charge is 0.459 e. The zero-order chi connectivity index (χ0) is 31.1. The van der Waals surface area contributed by atoms with Crippen molar-refractivity contribution in [2.24, 2.45) is 5.92 Å². The maximum atomic E-state index is 13.8. The number of amides is 1. The molecule has 1 N–H and O–H groups in total. The van der Waals surface area contributed by atoms with Gasteiger partial charge in [0.25, 0.3) is 5.91 Å². The molecule has 0 atom stereocenters. The van der Waals surface area contributed by atoms with Crippen LogP contribution in [-0.4, -0.2) is 54.2 Å². The van der Waals surface area contributed by atoms with Gasteiger partial charge in [0.05, 0.1) is 16.9 Å². The van der Waals surface area contributed by atoms with E-state index < -0.39 is 30.1 Å². The predicted octanol–water partition coefficient (Wildman–Crippen LogP) is 5.74. The SMILES string of the molecule is Cc1cc(Cl)cc(C(=O)NCC2CC2)c1CC(=O)c1cc(Cn2ncc(C(F)(F)C(F)(F)F)n2)nn1-c1ncccc1Cl. The number of carbonyl (C=O) groups excluding carboxylic acids is 2. The first-order valence-corrected chi connectivity index (χ1v) is 13.7. The number of halogens is 7. The van der Waals surface area contributed by atoms with E-state index in [0.29, 0.717) is 39.6 Å². The fraction of sp³-hybridized carbons (Fsp3) is 0.333. The van der Waals surface area contributed by atoms with E-state index in [9.17, 15) is 31.5 Å². The average Bonchev–Trinajstić information content (AvgIpc) is 3.48. The Kier molecular flexibility index (Phi) is 8.27. The molecule has 3 heterocycles. The lowest BCUT2D eigenvalue weighted by Gasteiger charge is -2.16. The lowest BCUT2D eigenvalue weighted by molar-refractivity contribution is -0.291. The molecule has 0 unspecified atom stereocenters. The van der Waals surface area contributed by atoms with Gasteiger partial charge in [0.2, 0.25) is 0 Å². The highest BCUT2D eigenvalue weighted by molar-refractivity contribution is 6.32. The van der Waals surface area contributed by atoms with Gasteiger partial charge in [-0.25, -0.2) is 9.67 Å². The molecule has 9 nitrogen and oxygen atoms in total. The van der Waals surface area contributed by atoms with Gasteiger partial charge in [-0.2, -0.15) is 42.0 Å². The molecule has 0 spiro atoms. The van der Waals surface area contributed by atoms with Crippen molar-refractivity contribution in [1.82, 2.24) is 35.1 Å². The molecule has 4 aromatic rings. The Morgan fingerprint density at radius 2 is 1.84 bits per heavy atom. The van der Waals surface area contributed by atoms with Crippen molar-refractivity contribution in [3.05, 3.63) is 86.5 Å².